The monoisotopic (exact) mass is 793 g/mol. The number of thiophene rings is 2. The number of rotatable bonds is 8. The Hall–Kier alpha value is -4.76. The number of carbonyl (C=O) groups excluding carboxylic acids is 2. The predicted molar refractivity (Wildman–Crippen MR) is 213 cm³/mol. The molecule has 0 spiro atoms. The van der Waals surface area contributed by atoms with Gasteiger partial charge in [0.05, 0.1) is 30.6 Å². The molecule has 0 N–H and O–H groups in total. The van der Waals surface area contributed by atoms with E-state index in [-0.39, 0.29) is 18.5 Å². The van der Waals surface area contributed by atoms with Crippen molar-refractivity contribution >= 4 is 81.0 Å². The summed E-state index contributed by atoms with van der Waals surface area (Å²) in [4.78, 5) is 38.5. The maximum absolute atomic E-state index is 14.3. The summed E-state index contributed by atoms with van der Waals surface area (Å²) in [7, 11) is 3.03. The quantitative estimate of drug-likeness (QED) is 0.119. The lowest BCUT2D eigenvalue weighted by Crippen LogP contribution is -2.25. The summed E-state index contributed by atoms with van der Waals surface area (Å²) >= 11 is 15.7. The second-order valence-corrected chi connectivity index (χ2v) is 16.3. The minimum Gasteiger partial charge on any atom is -0.469 e. The van der Waals surface area contributed by atoms with Crippen LogP contribution in [0.5, 0.6) is 0 Å². The van der Waals surface area contributed by atoms with Crippen molar-refractivity contribution in [2.24, 2.45) is 9.98 Å². The first-order chi connectivity index (χ1) is 25.9. The fourth-order valence-corrected chi connectivity index (χ4v) is 9.73. The Morgan fingerprint density at radius 1 is 0.704 bits per heavy atom. The van der Waals surface area contributed by atoms with Crippen LogP contribution in [0.1, 0.15) is 86.5 Å². The van der Waals surface area contributed by atoms with Crippen molar-refractivity contribution in [3.05, 3.63) is 120 Å². The molecule has 0 bridgehead atoms. The zero-order valence-corrected chi connectivity index (χ0v) is 33.3. The van der Waals surface area contributed by atoms with Gasteiger partial charge in [0.1, 0.15) is 33.7 Å². The van der Waals surface area contributed by atoms with Crippen molar-refractivity contribution in [3.63, 3.8) is 0 Å². The van der Waals surface area contributed by atoms with Crippen LogP contribution in [0.25, 0.3) is 10.0 Å². The fraction of sp³-hybridized carbons (Fsp3) is 0.263. The minimum absolute atomic E-state index is 0.0210. The summed E-state index contributed by atoms with van der Waals surface area (Å²) in [6.07, 6.45) is 0.0350. The van der Waals surface area contributed by atoms with E-state index in [4.69, 9.17) is 37.9 Å². The van der Waals surface area contributed by atoms with E-state index < -0.39 is 18.1 Å². The van der Waals surface area contributed by atoms with Crippen LogP contribution in [0.4, 0.5) is 0 Å². The molecule has 6 aromatic rings. The number of nitrogens with zero attached hydrogens (tertiary/aromatic N) is 8. The third kappa shape index (κ3) is 6.24. The Morgan fingerprint density at radius 3 is 1.70 bits per heavy atom. The number of ether oxygens (including phenoxy) is 1. The smallest absolute Gasteiger partial charge is 0.308 e. The van der Waals surface area contributed by atoms with Crippen LogP contribution in [-0.2, 0) is 14.3 Å². The number of hydrogen-bond donors (Lipinski definition) is 0. The predicted octanol–water partition coefficient (Wildman–Crippen LogP) is 7.11. The number of aryl methyl sites for hydroxylation is 3. The molecule has 0 amide bonds. The van der Waals surface area contributed by atoms with Crippen LogP contribution in [0, 0.1) is 34.6 Å². The molecular weight excluding hydrogens is 762 g/mol. The van der Waals surface area contributed by atoms with Gasteiger partial charge in [-0.15, -0.1) is 43.1 Å². The van der Waals surface area contributed by atoms with Crippen LogP contribution in [-0.4, -0.2) is 67.0 Å². The molecule has 0 saturated heterocycles. The van der Waals surface area contributed by atoms with E-state index in [9.17, 15) is 9.59 Å². The highest BCUT2D eigenvalue weighted by Crippen LogP contribution is 2.40. The average molecular weight is 795 g/mol. The summed E-state index contributed by atoms with van der Waals surface area (Å²) in [6.45, 7) is 9.95. The van der Waals surface area contributed by atoms with E-state index >= 15 is 0 Å². The standard InChI is InChI=1S/C38H32BCl2N8O3S2/c1-17-19(3)53-37-30(17)32(22-7-11-24(40)12-8-22)42-26(35-46-44-20(4)48(35)37)15-28(50)39-34-18(2)31-33(23-9-13-25(41)14-10-23)43-27(16-29(51)52-6)36-47-45-21(5)49(36)38(31)54-34/h7-14,26-27H,15-16H2,1-6H3. The van der Waals surface area contributed by atoms with Crippen molar-refractivity contribution in [3.8, 4) is 10.0 Å². The zero-order valence-electron chi connectivity index (χ0n) is 30.1. The van der Waals surface area contributed by atoms with Crippen molar-refractivity contribution < 1.29 is 14.3 Å². The third-order valence-corrected chi connectivity index (χ3v) is 12.7. The van der Waals surface area contributed by atoms with E-state index in [1.54, 1.807) is 30.7 Å². The number of fused-ring (bicyclic) bond motifs is 6. The molecule has 1 radical (unpaired) electrons. The lowest BCUT2D eigenvalue weighted by molar-refractivity contribution is -0.141. The highest BCUT2D eigenvalue weighted by atomic mass is 35.5. The van der Waals surface area contributed by atoms with Gasteiger partial charge in [0.15, 0.2) is 11.6 Å². The number of hydrogen-bond acceptors (Lipinski definition) is 11. The summed E-state index contributed by atoms with van der Waals surface area (Å²) in [5.74, 6) is 2.05. The van der Waals surface area contributed by atoms with Crippen LogP contribution < -0.4 is 4.78 Å². The van der Waals surface area contributed by atoms with Crippen molar-refractivity contribution in [2.75, 3.05) is 7.11 Å². The topological polar surface area (TPSA) is 130 Å². The summed E-state index contributed by atoms with van der Waals surface area (Å²) in [5.41, 5.74) is 6.81. The Morgan fingerprint density at radius 2 is 1.19 bits per heavy atom. The van der Waals surface area contributed by atoms with E-state index in [0.717, 1.165) is 59.7 Å². The fourth-order valence-electron chi connectivity index (χ4n) is 6.95. The van der Waals surface area contributed by atoms with Gasteiger partial charge in [-0.1, -0.05) is 47.5 Å². The van der Waals surface area contributed by atoms with E-state index in [2.05, 4.69) is 34.2 Å². The van der Waals surface area contributed by atoms with Gasteiger partial charge < -0.3 is 9.53 Å². The molecule has 0 fully saturated rings. The van der Waals surface area contributed by atoms with E-state index in [0.29, 0.717) is 33.2 Å². The van der Waals surface area contributed by atoms with Gasteiger partial charge in [-0.3, -0.25) is 23.9 Å². The Balaban J connectivity index is 1.21. The highest BCUT2D eigenvalue weighted by molar-refractivity contribution is 7.26. The number of methoxy groups -OCH3 is 1. The van der Waals surface area contributed by atoms with Crippen LogP contribution in [0.3, 0.4) is 0 Å². The molecule has 54 heavy (non-hydrogen) atoms. The Labute approximate surface area is 330 Å². The van der Waals surface area contributed by atoms with Gasteiger partial charge in [-0.05, 0) is 74.8 Å². The number of carbonyl (C=O) groups is 2. The van der Waals surface area contributed by atoms with Gasteiger partial charge >= 0.3 is 5.97 Å². The lowest BCUT2D eigenvalue weighted by Gasteiger charge is -2.13. The molecule has 2 aliphatic heterocycles. The number of aliphatic imine (C=N–C) groups is 2. The van der Waals surface area contributed by atoms with Crippen LogP contribution >= 0.6 is 45.9 Å². The number of halogens is 2. The first kappa shape index (κ1) is 36.2. The van der Waals surface area contributed by atoms with Gasteiger partial charge in [-0.25, -0.2) is 0 Å². The van der Waals surface area contributed by atoms with Gasteiger partial charge in [0.2, 0.25) is 0 Å². The molecule has 2 aromatic carbocycles. The Bertz CT molecular complexity index is 2550. The van der Waals surface area contributed by atoms with Crippen molar-refractivity contribution in [1.82, 2.24) is 29.5 Å². The molecular formula is C38H32BCl2N8O3S2. The second-order valence-electron chi connectivity index (χ2n) is 13.2. The van der Waals surface area contributed by atoms with E-state index in [1.165, 1.54) is 23.3 Å². The van der Waals surface area contributed by atoms with Crippen LogP contribution in [0.15, 0.2) is 58.5 Å². The van der Waals surface area contributed by atoms with Gasteiger partial charge in [-0.2, -0.15) is 0 Å². The number of esters is 1. The molecule has 4 aromatic heterocycles. The zero-order chi connectivity index (χ0) is 38.0. The molecule has 271 valence electrons. The third-order valence-electron chi connectivity index (χ3n) is 9.79. The number of aromatic nitrogens is 6. The minimum atomic E-state index is -0.656. The molecule has 2 unspecified atom stereocenters. The van der Waals surface area contributed by atoms with Crippen LogP contribution in [0.2, 0.25) is 10.0 Å². The summed E-state index contributed by atoms with van der Waals surface area (Å²) in [6, 6.07) is 13.7. The molecule has 11 nitrogen and oxygen atoms in total. The SMILES string of the molecule is COC(=O)CC1N=C(c2ccc(Cl)cc2)c2c(sc([B]C(=O)CC3N=C(c4ccc(Cl)cc4)c4c(sc(C)c4C)-n4c(C)nnc43)c2C)-n2c(C)nnc21. The molecule has 16 heteroatoms. The normalized spacial score (nSPS) is 15.9. The molecule has 2 aliphatic rings. The van der Waals surface area contributed by atoms with Gasteiger partial charge in [0, 0.05) is 43.6 Å². The highest BCUT2D eigenvalue weighted by Gasteiger charge is 2.36. The van der Waals surface area contributed by atoms with Crippen molar-refractivity contribution in [2.45, 2.75) is 59.5 Å². The summed E-state index contributed by atoms with van der Waals surface area (Å²) in [5, 5.41) is 20.9. The Kier molecular flexibility index (Phi) is 9.49. The van der Waals surface area contributed by atoms with Crippen molar-refractivity contribution in [1.29, 1.82) is 0 Å². The average Bonchev–Trinajstić information content (AvgIpc) is 3.84. The van der Waals surface area contributed by atoms with E-state index in [1.807, 2.05) is 66.3 Å². The van der Waals surface area contributed by atoms with Gasteiger partial charge in [0.25, 0.3) is 7.28 Å². The maximum atomic E-state index is 14.3. The molecule has 0 saturated carbocycles. The largest absolute Gasteiger partial charge is 0.469 e. The molecule has 2 atom stereocenters. The first-order valence-electron chi connectivity index (χ1n) is 17.1. The maximum Gasteiger partial charge on any atom is 0.308 e. The molecule has 6 heterocycles. The molecule has 8 rings (SSSR count). The summed E-state index contributed by atoms with van der Waals surface area (Å²) < 4.78 is 9.75. The lowest BCUT2D eigenvalue weighted by atomic mass is 9.67. The molecule has 0 aliphatic carbocycles. The number of benzene rings is 2. The second kappa shape index (κ2) is 14.1. The first-order valence-corrected chi connectivity index (χ1v) is 19.5.